The van der Waals surface area contributed by atoms with Crippen molar-refractivity contribution in [1.82, 2.24) is 9.97 Å². The van der Waals surface area contributed by atoms with Gasteiger partial charge < -0.3 is 0 Å². The van der Waals surface area contributed by atoms with E-state index < -0.39 is 0 Å². The van der Waals surface area contributed by atoms with E-state index in [-0.39, 0.29) is 5.41 Å². The molecule has 0 bridgehead atoms. The van der Waals surface area contributed by atoms with E-state index in [1.54, 1.807) is 0 Å². The van der Waals surface area contributed by atoms with Gasteiger partial charge >= 0.3 is 0 Å². The lowest BCUT2D eigenvalue weighted by atomic mass is 9.87. The molecule has 2 nitrogen and oxygen atoms in total. The highest BCUT2D eigenvalue weighted by atomic mass is 35.5. The lowest BCUT2D eigenvalue weighted by molar-refractivity contribution is 0.590. The number of hydrogen-bond acceptors (Lipinski definition) is 2. The molecule has 1 aromatic carbocycles. The van der Waals surface area contributed by atoms with Crippen LogP contribution in [0, 0.1) is 0 Å². The molecule has 2 aromatic rings. The molecule has 106 valence electrons. The first-order chi connectivity index (χ1) is 9.27. The molecule has 0 fully saturated rings. The maximum Gasteiger partial charge on any atom is 0.161 e. The maximum absolute atomic E-state index is 6.10. The zero-order chi connectivity index (χ0) is 14.9. The van der Waals surface area contributed by atoms with Crippen molar-refractivity contribution in [2.75, 3.05) is 0 Å². The van der Waals surface area contributed by atoms with E-state index >= 15 is 0 Å². The van der Waals surface area contributed by atoms with Gasteiger partial charge in [0.05, 0.1) is 0 Å². The van der Waals surface area contributed by atoms with Crippen LogP contribution in [0.2, 0.25) is 5.15 Å². The number of aromatic nitrogens is 2. The molecule has 0 amide bonds. The molecule has 1 aromatic heterocycles. The van der Waals surface area contributed by atoms with Crippen LogP contribution < -0.4 is 0 Å². The summed E-state index contributed by atoms with van der Waals surface area (Å²) in [6.07, 6.45) is 0. The second kappa shape index (κ2) is 5.53. The molecule has 0 aliphatic heterocycles. The van der Waals surface area contributed by atoms with Crippen LogP contribution in [-0.2, 0) is 5.41 Å². The van der Waals surface area contributed by atoms with Crippen LogP contribution in [-0.4, -0.2) is 9.97 Å². The monoisotopic (exact) mass is 288 g/mol. The van der Waals surface area contributed by atoms with Gasteiger partial charge in [-0.25, -0.2) is 9.97 Å². The van der Waals surface area contributed by atoms with Gasteiger partial charge in [-0.05, 0) is 23.0 Å². The summed E-state index contributed by atoms with van der Waals surface area (Å²) in [4.78, 5) is 8.93. The van der Waals surface area contributed by atoms with E-state index in [0.29, 0.717) is 16.9 Å². The number of hydrogen-bond donors (Lipinski definition) is 0. The average molecular weight is 289 g/mol. The first-order valence-electron chi connectivity index (χ1n) is 6.93. The van der Waals surface area contributed by atoms with E-state index in [0.717, 1.165) is 11.3 Å². The molecule has 1 heterocycles. The van der Waals surface area contributed by atoms with Crippen LogP contribution in [0.4, 0.5) is 0 Å². The van der Waals surface area contributed by atoms with Crippen LogP contribution >= 0.6 is 11.6 Å². The summed E-state index contributed by atoms with van der Waals surface area (Å²) < 4.78 is 0. The van der Waals surface area contributed by atoms with Gasteiger partial charge in [-0.1, -0.05) is 70.5 Å². The van der Waals surface area contributed by atoms with Gasteiger partial charge in [-0.3, -0.25) is 0 Å². The van der Waals surface area contributed by atoms with Gasteiger partial charge in [0.25, 0.3) is 0 Å². The lowest BCUT2D eigenvalue weighted by Gasteiger charge is -2.19. The Bertz CT molecular complexity index is 595. The van der Waals surface area contributed by atoms with Gasteiger partial charge in [0, 0.05) is 11.3 Å². The number of nitrogens with zero attached hydrogens (tertiary/aromatic N) is 2. The van der Waals surface area contributed by atoms with Crippen LogP contribution in [0.25, 0.3) is 11.4 Å². The SMILES string of the molecule is CC(C)c1cc(Cl)nc(-c2ccc(C(C)(C)C)cc2)n1. The predicted molar refractivity (Wildman–Crippen MR) is 85.3 cm³/mol. The maximum atomic E-state index is 6.10. The van der Waals surface area contributed by atoms with E-state index in [1.807, 2.05) is 6.07 Å². The van der Waals surface area contributed by atoms with Gasteiger partial charge in [0.1, 0.15) is 5.15 Å². The Balaban J connectivity index is 2.41. The fraction of sp³-hybridized carbons (Fsp3) is 0.412. The molecule has 0 radical (unpaired) electrons. The molecule has 0 saturated heterocycles. The largest absolute Gasteiger partial charge is 0.233 e. The Hall–Kier alpha value is -1.41. The molecule has 0 N–H and O–H groups in total. The van der Waals surface area contributed by atoms with Crippen molar-refractivity contribution in [3.8, 4) is 11.4 Å². The summed E-state index contributed by atoms with van der Waals surface area (Å²) in [5.74, 6) is 1.03. The van der Waals surface area contributed by atoms with Crippen molar-refractivity contribution in [3.63, 3.8) is 0 Å². The zero-order valence-electron chi connectivity index (χ0n) is 12.7. The summed E-state index contributed by atoms with van der Waals surface area (Å²) in [5, 5.41) is 0.499. The van der Waals surface area contributed by atoms with Gasteiger partial charge in [0.2, 0.25) is 0 Å². The summed E-state index contributed by atoms with van der Waals surface area (Å²) in [7, 11) is 0. The topological polar surface area (TPSA) is 25.8 Å². The average Bonchev–Trinajstić information content (AvgIpc) is 2.37. The molecule has 0 aliphatic rings. The second-order valence-electron chi connectivity index (χ2n) is 6.42. The standard InChI is InChI=1S/C17H21ClN2/c1-11(2)14-10-15(18)20-16(19-14)12-6-8-13(9-7-12)17(3,4)5/h6-11H,1-5H3. The Kier molecular flexibility index (Phi) is 4.14. The van der Waals surface area contributed by atoms with Gasteiger partial charge in [0.15, 0.2) is 5.82 Å². The van der Waals surface area contributed by atoms with E-state index in [4.69, 9.17) is 11.6 Å². The van der Waals surface area contributed by atoms with Crippen LogP contribution in [0.5, 0.6) is 0 Å². The Labute approximate surface area is 126 Å². The first kappa shape index (κ1) is 15.0. The Morgan fingerprint density at radius 3 is 2.10 bits per heavy atom. The fourth-order valence-electron chi connectivity index (χ4n) is 1.98. The van der Waals surface area contributed by atoms with Gasteiger partial charge in [-0.2, -0.15) is 0 Å². The molecule has 0 saturated carbocycles. The predicted octanol–water partition coefficient (Wildman–Crippen LogP) is 5.22. The van der Waals surface area contributed by atoms with Crippen molar-refractivity contribution < 1.29 is 0 Å². The van der Waals surface area contributed by atoms with Crippen molar-refractivity contribution in [2.45, 2.75) is 46.0 Å². The fourth-order valence-corrected chi connectivity index (χ4v) is 2.17. The summed E-state index contributed by atoms with van der Waals surface area (Å²) >= 11 is 6.10. The summed E-state index contributed by atoms with van der Waals surface area (Å²) in [5.41, 5.74) is 3.42. The quantitative estimate of drug-likeness (QED) is 0.708. The van der Waals surface area contributed by atoms with Gasteiger partial charge in [-0.15, -0.1) is 0 Å². The highest BCUT2D eigenvalue weighted by molar-refractivity contribution is 6.29. The van der Waals surface area contributed by atoms with Crippen molar-refractivity contribution in [1.29, 1.82) is 0 Å². The van der Waals surface area contributed by atoms with E-state index in [1.165, 1.54) is 5.56 Å². The van der Waals surface area contributed by atoms with Crippen molar-refractivity contribution in [3.05, 3.63) is 46.7 Å². The van der Waals surface area contributed by atoms with Crippen LogP contribution in [0.3, 0.4) is 0 Å². The van der Waals surface area contributed by atoms with E-state index in [2.05, 4.69) is 68.9 Å². The third-order valence-corrected chi connectivity index (χ3v) is 3.51. The smallest absolute Gasteiger partial charge is 0.161 e. The van der Waals surface area contributed by atoms with Crippen molar-refractivity contribution >= 4 is 11.6 Å². The molecule has 20 heavy (non-hydrogen) atoms. The lowest BCUT2D eigenvalue weighted by Crippen LogP contribution is -2.10. The Morgan fingerprint density at radius 1 is 1.00 bits per heavy atom. The zero-order valence-corrected chi connectivity index (χ0v) is 13.5. The Morgan fingerprint density at radius 2 is 1.60 bits per heavy atom. The number of benzene rings is 1. The minimum absolute atomic E-state index is 0.150. The molecule has 3 heteroatoms. The number of halogens is 1. The van der Waals surface area contributed by atoms with E-state index in [9.17, 15) is 0 Å². The van der Waals surface area contributed by atoms with Crippen LogP contribution in [0.1, 0.15) is 51.8 Å². The molecule has 0 aliphatic carbocycles. The normalized spacial score (nSPS) is 11.9. The third kappa shape index (κ3) is 3.37. The molecular weight excluding hydrogens is 268 g/mol. The number of rotatable bonds is 2. The summed E-state index contributed by atoms with van der Waals surface area (Å²) in [6.45, 7) is 10.8. The highest BCUT2D eigenvalue weighted by Gasteiger charge is 2.14. The molecule has 0 spiro atoms. The molecule has 2 rings (SSSR count). The minimum atomic E-state index is 0.150. The summed E-state index contributed by atoms with van der Waals surface area (Å²) in [6, 6.07) is 10.2. The van der Waals surface area contributed by atoms with Crippen molar-refractivity contribution in [2.24, 2.45) is 0 Å². The van der Waals surface area contributed by atoms with Crippen LogP contribution in [0.15, 0.2) is 30.3 Å². The minimum Gasteiger partial charge on any atom is -0.233 e. The molecule has 0 unspecified atom stereocenters. The second-order valence-corrected chi connectivity index (χ2v) is 6.81. The highest BCUT2D eigenvalue weighted by Crippen LogP contribution is 2.26. The molecule has 0 atom stereocenters. The third-order valence-electron chi connectivity index (χ3n) is 3.32. The first-order valence-corrected chi connectivity index (χ1v) is 7.30. The molecular formula is C17H21ClN2.